The predicted octanol–water partition coefficient (Wildman–Crippen LogP) is 4.77. The number of nitrogens with zero attached hydrogens (tertiary/aromatic N) is 3. The molecule has 3 aromatic rings. The number of esters is 1. The van der Waals surface area contributed by atoms with Crippen molar-refractivity contribution >= 4 is 18.2 Å². The van der Waals surface area contributed by atoms with E-state index in [2.05, 4.69) is 4.98 Å². The number of halogens is 1. The Bertz CT molecular complexity index is 1220. The molecule has 9 nitrogen and oxygen atoms in total. The Morgan fingerprint density at radius 1 is 1.11 bits per heavy atom. The highest BCUT2D eigenvalue weighted by Gasteiger charge is 2.27. The van der Waals surface area contributed by atoms with Crippen LogP contribution in [0.15, 0.2) is 60.9 Å². The van der Waals surface area contributed by atoms with Gasteiger partial charge in [0.15, 0.2) is 0 Å². The van der Waals surface area contributed by atoms with Gasteiger partial charge >= 0.3 is 18.2 Å². The third-order valence-electron chi connectivity index (χ3n) is 4.94. The van der Waals surface area contributed by atoms with Crippen molar-refractivity contribution < 1.29 is 33.4 Å². The van der Waals surface area contributed by atoms with E-state index in [1.54, 1.807) is 40.0 Å². The molecule has 0 spiro atoms. The van der Waals surface area contributed by atoms with E-state index in [1.165, 1.54) is 47.6 Å². The van der Waals surface area contributed by atoms with E-state index < -0.39 is 35.5 Å². The molecule has 1 N–H and O–H groups in total. The van der Waals surface area contributed by atoms with Crippen LogP contribution >= 0.6 is 0 Å². The van der Waals surface area contributed by atoms with Crippen molar-refractivity contribution in [1.29, 1.82) is 0 Å². The molecule has 1 amide bonds. The molecule has 0 radical (unpaired) electrons. The van der Waals surface area contributed by atoms with Crippen LogP contribution in [-0.4, -0.2) is 56.9 Å². The fourth-order valence-electron chi connectivity index (χ4n) is 3.32. The Labute approximate surface area is 201 Å². The number of benzene rings is 2. The SMILES string of the molecule is CN(CC(c1ccc(OC(=O)c2ccccc2F)cc1)c1nccn1C(=O)O)C(=O)OC(C)(C)C. The Kier molecular flexibility index (Phi) is 7.53. The largest absolute Gasteiger partial charge is 0.464 e. The minimum atomic E-state index is -1.22. The predicted molar refractivity (Wildman–Crippen MR) is 124 cm³/mol. The van der Waals surface area contributed by atoms with Gasteiger partial charge in [-0.1, -0.05) is 24.3 Å². The molecule has 3 rings (SSSR count). The highest BCUT2D eigenvalue weighted by molar-refractivity contribution is 5.91. The van der Waals surface area contributed by atoms with Gasteiger partial charge in [0.1, 0.15) is 23.0 Å². The van der Waals surface area contributed by atoms with Crippen LogP contribution in [0.4, 0.5) is 14.0 Å². The molecule has 0 aliphatic rings. The molecule has 2 aromatic carbocycles. The first-order valence-electron chi connectivity index (χ1n) is 10.7. The molecule has 1 heterocycles. The normalized spacial score (nSPS) is 12.0. The Morgan fingerprint density at radius 2 is 1.77 bits per heavy atom. The van der Waals surface area contributed by atoms with E-state index in [4.69, 9.17) is 9.47 Å². The maximum atomic E-state index is 13.9. The van der Waals surface area contributed by atoms with Gasteiger partial charge in [-0.2, -0.15) is 0 Å². The minimum absolute atomic E-state index is 0.0631. The summed E-state index contributed by atoms with van der Waals surface area (Å²) in [4.78, 5) is 42.0. The van der Waals surface area contributed by atoms with Crippen molar-refractivity contribution in [2.24, 2.45) is 0 Å². The van der Waals surface area contributed by atoms with Gasteiger partial charge in [-0.15, -0.1) is 0 Å². The molecule has 184 valence electrons. The topological polar surface area (TPSA) is 111 Å². The molecule has 0 aliphatic carbocycles. The van der Waals surface area contributed by atoms with E-state index in [9.17, 15) is 23.9 Å². The van der Waals surface area contributed by atoms with Gasteiger partial charge in [-0.25, -0.2) is 28.3 Å². The molecule has 0 bridgehead atoms. The number of carbonyl (C=O) groups is 3. The molecular formula is C25H26FN3O6. The van der Waals surface area contributed by atoms with Gasteiger partial charge in [0.2, 0.25) is 0 Å². The second-order valence-corrected chi connectivity index (χ2v) is 8.79. The standard InChI is InChI=1S/C25H26FN3O6/c1-25(2,3)35-24(33)28(4)15-19(21-27-13-14-29(21)23(31)32)16-9-11-17(12-10-16)34-22(30)18-7-5-6-8-20(18)26/h5-14,19H,15H2,1-4H3,(H,31,32). The highest BCUT2D eigenvalue weighted by Crippen LogP contribution is 2.27. The molecule has 1 unspecified atom stereocenters. The second-order valence-electron chi connectivity index (χ2n) is 8.79. The van der Waals surface area contributed by atoms with Crippen molar-refractivity contribution in [2.45, 2.75) is 32.3 Å². The summed E-state index contributed by atoms with van der Waals surface area (Å²) in [5.74, 6) is -1.82. The fraction of sp³-hybridized carbons (Fsp3) is 0.280. The summed E-state index contributed by atoms with van der Waals surface area (Å²) in [5.41, 5.74) is -0.291. The van der Waals surface area contributed by atoms with Crippen molar-refractivity contribution in [1.82, 2.24) is 14.5 Å². The fourth-order valence-corrected chi connectivity index (χ4v) is 3.32. The smallest absolute Gasteiger partial charge is 0.417 e. The van der Waals surface area contributed by atoms with Crippen molar-refractivity contribution in [3.05, 3.63) is 83.7 Å². The number of rotatable bonds is 6. The van der Waals surface area contributed by atoms with Gasteiger partial charge in [0, 0.05) is 26.0 Å². The average Bonchev–Trinajstić information content (AvgIpc) is 3.27. The van der Waals surface area contributed by atoms with Crippen molar-refractivity contribution in [2.75, 3.05) is 13.6 Å². The number of ether oxygens (including phenoxy) is 2. The van der Waals surface area contributed by atoms with Crippen LogP contribution in [0.1, 0.15) is 48.4 Å². The van der Waals surface area contributed by atoms with E-state index in [1.807, 2.05) is 0 Å². The maximum absolute atomic E-state index is 13.9. The molecule has 1 atom stereocenters. The number of likely N-dealkylation sites (N-methyl/N-ethyl adjacent to an activating group) is 1. The lowest BCUT2D eigenvalue weighted by Crippen LogP contribution is -2.37. The number of hydrogen-bond donors (Lipinski definition) is 1. The molecule has 0 saturated heterocycles. The van der Waals surface area contributed by atoms with Gasteiger partial charge < -0.3 is 19.5 Å². The van der Waals surface area contributed by atoms with Crippen LogP contribution in [-0.2, 0) is 4.74 Å². The second kappa shape index (κ2) is 10.4. The zero-order chi connectivity index (χ0) is 25.8. The Balaban J connectivity index is 1.87. The lowest BCUT2D eigenvalue weighted by atomic mass is 9.97. The number of carboxylic acid groups (broad SMARTS) is 1. The lowest BCUT2D eigenvalue weighted by Gasteiger charge is -2.27. The van der Waals surface area contributed by atoms with Crippen molar-refractivity contribution in [3.63, 3.8) is 0 Å². The van der Waals surface area contributed by atoms with E-state index in [0.717, 1.165) is 10.6 Å². The number of aromatic nitrogens is 2. The molecule has 10 heteroatoms. The first-order valence-corrected chi connectivity index (χ1v) is 10.7. The van der Waals surface area contributed by atoms with Gasteiger partial charge in [-0.05, 0) is 50.6 Å². The molecular weight excluding hydrogens is 457 g/mol. The zero-order valence-electron chi connectivity index (χ0n) is 19.8. The summed E-state index contributed by atoms with van der Waals surface area (Å²) in [6.07, 6.45) is 0.862. The number of imidazole rings is 1. The first-order chi connectivity index (χ1) is 16.5. The van der Waals surface area contributed by atoms with Crippen LogP contribution in [0.5, 0.6) is 5.75 Å². The van der Waals surface area contributed by atoms with Crippen LogP contribution in [0, 0.1) is 5.82 Å². The van der Waals surface area contributed by atoms with Gasteiger partial charge in [-0.3, -0.25) is 0 Å². The highest BCUT2D eigenvalue weighted by atomic mass is 19.1. The third kappa shape index (κ3) is 6.44. The molecule has 0 saturated carbocycles. The van der Waals surface area contributed by atoms with Crippen molar-refractivity contribution in [3.8, 4) is 5.75 Å². The van der Waals surface area contributed by atoms with Gasteiger partial charge in [0.05, 0.1) is 11.5 Å². The number of amides is 1. The number of carbonyl (C=O) groups excluding carboxylic acids is 2. The molecule has 0 aliphatic heterocycles. The molecule has 1 aromatic heterocycles. The average molecular weight is 483 g/mol. The Hall–Kier alpha value is -4.21. The summed E-state index contributed by atoms with van der Waals surface area (Å²) < 4.78 is 25.5. The zero-order valence-corrected chi connectivity index (χ0v) is 19.8. The minimum Gasteiger partial charge on any atom is -0.464 e. The van der Waals surface area contributed by atoms with Crippen LogP contribution in [0.2, 0.25) is 0 Å². The lowest BCUT2D eigenvalue weighted by molar-refractivity contribution is 0.0292. The summed E-state index contributed by atoms with van der Waals surface area (Å²) in [7, 11) is 1.54. The quantitative estimate of drug-likeness (QED) is 0.397. The third-order valence-corrected chi connectivity index (χ3v) is 4.94. The first kappa shape index (κ1) is 25.4. The monoisotopic (exact) mass is 483 g/mol. The molecule has 0 fully saturated rings. The van der Waals surface area contributed by atoms with Crippen LogP contribution in [0.25, 0.3) is 0 Å². The maximum Gasteiger partial charge on any atom is 0.417 e. The van der Waals surface area contributed by atoms with E-state index >= 15 is 0 Å². The molecule has 35 heavy (non-hydrogen) atoms. The Morgan fingerprint density at radius 3 is 2.37 bits per heavy atom. The van der Waals surface area contributed by atoms with E-state index in [0.29, 0.717) is 5.56 Å². The summed E-state index contributed by atoms with van der Waals surface area (Å²) in [6, 6.07) is 11.7. The number of hydrogen-bond acceptors (Lipinski definition) is 6. The van der Waals surface area contributed by atoms with E-state index in [-0.39, 0.29) is 23.7 Å². The summed E-state index contributed by atoms with van der Waals surface area (Å²) >= 11 is 0. The van der Waals surface area contributed by atoms with Gasteiger partial charge in [0.25, 0.3) is 0 Å². The summed E-state index contributed by atoms with van der Waals surface area (Å²) in [5, 5.41) is 9.55. The summed E-state index contributed by atoms with van der Waals surface area (Å²) in [6.45, 7) is 5.30. The van der Waals surface area contributed by atoms with Crippen LogP contribution in [0.3, 0.4) is 0 Å². The van der Waals surface area contributed by atoms with Crippen LogP contribution < -0.4 is 4.74 Å².